The van der Waals surface area contributed by atoms with Crippen LogP contribution in [0.3, 0.4) is 0 Å². The SMILES string of the molecule is CC(=O)NC[C@H]1CN(c2cc(F)c(-c3ccc(/C=N/OC(=O)c4ccccc4)c(F)c3)c(F)c2)C(=O)O1. The number of ether oxygens (including phenoxy) is 1. The predicted octanol–water partition coefficient (Wildman–Crippen LogP) is 4.42. The van der Waals surface area contributed by atoms with Gasteiger partial charge < -0.3 is 14.9 Å². The van der Waals surface area contributed by atoms with Crippen LogP contribution in [-0.4, -0.2) is 43.4 Å². The molecule has 8 nitrogen and oxygen atoms in total. The quantitative estimate of drug-likeness (QED) is 0.288. The third kappa shape index (κ3) is 5.95. The molecular formula is C26H20F3N3O5. The Balaban J connectivity index is 1.48. The highest BCUT2D eigenvalue weighted by molar-refractivity contribution is 5.91. The lowest BCUT2D eigenvalue weighted by molar-refractivity contribution is -0.119. The molecule has 1 atom stereocenters. The van der Waals surface area contributed by atoms with Crippen molar-refractivity contribution in [3.63, 3.8) is 0 Å². The second-order valence-electron chi connectivity index (χ2n) is 8.05. The van der Waals surface area contributed by atoms with Crippen molar-refractivity contribution in [3.8, 4) is 11.1 Å². The van der Waals surface area contributed by atoms with Gasteiger partial charge in [-0.15, -0.1) is 0 Å². The van der Waals surface area contributed by atoms with E-state index in [1.807, 2.05) is 0 Å². The topological polar surface area (TPSA) is 97.3 Å². The molecular weight excluding hydrogens is 491 g/mol. The van der Waals surface area contributed by atoms with Gasteiger partial charge in [-0.3, -0.25) is 9.69 Å². The van der Waals surface area contributed by atoms with Crippen molar-refractivity contribution in [1.82, 2.24) is 5.32 Å². The third-order valence-electron chi connectivity index (χ3n) is 5.42. The van der Waals surface area contributed by atoms with Gasteiger partial charge in [-0.1, -0.05) is 29.4 Å². The number of amides is 2. The number of carbonyl (C=O) groups excluding carboxylic acids is 3. The van der Waals surface area contributed by atoms with Gasteiger partial charge >= 0.3 is 12.1 Å². The average Bonchev–Trinajstić information content (AvgIpc) is 3.24. The van der Waals surface area contributed by atoms with Crippen LogP contribution in [-0.2, 0) is 14.4 Å². The Labute approximate surface area is 209 Å². The first-order valence-corrected chi connectivity index (χ1v) is 11.0. The number of rotatable bonds is 7. The molecule has 3 aromatic carbocycles. The molecule has 190 valence electrons. The molecule has 0 radical (unpaired) electrons. The predicted molar refractivity (Wildman–Crippen MR) is 128 cm³/mol. The van der Waals surface area contributed by atoms with E-state index < -0.39 is 41.2 Å². The van der Waals surface area contributed by atoms with Crippen molar-refractivity contribution in [3.05, 3.63) is 89.2 Å². The minimum Gasteiger partial charge on any atom is -0.442 e. The zero-order valence-electron chi connectivity index (χ0n) is 19.4. The number of hydrogen-bond donors (Lipinski definition) is 1. The summed E-state index contributed by atoms with van der Waals surface area (Å²) in [4.78, 5) is 40.9. The zero-order chi connectivity index (χ0) is 26.5. The summed E-state index contributed by atoms with van der Waals surface area (Å²) in [6.07, 6.45) is -0.534. The van der Waals surface area contributed by atoms with Crippen LogP contribution in [0, 0.1) is 17.5 Å². The van der Waals surface area contributed by atoms with Gasteiger partial charge in [0.25, 0.3) is 0 Å². The number of anilines is 1. The molecule has 4 rings (SSSR count). The number of oxime groups is 1. The van der Waals surface area contributed by atoms with Crippen LogP contribution < -0.4 is 10.2 Å². The maximum Gasteiger partial charge on any atom is 0.414 e. The zero-order valence-corrected chi connectivity index (χ0v) is 19.4. The summed E-state index contributed by atoms with van der Waals surface area (Å²) >= 11 is 0. The van der Waals surface area contributed by atoms with Gasteiger partial charge in [0.2, 0.25) is 5.91 Å². The first-order valence-electron chi connectivity index (χ1n) is 11.0. The summed E-state index contributed by atoms with van der Waals surface area (Å²) in [5.41, 5.74) is -0.491. The van der Waals surface area contributed by atoms with Crippen LogP contribution in [0.1, 0.15) is 22.8 Å². The van der Waals surface area contributed by atoms with Gasteiger partial charge in [-0.05, 0) is 42.0 Å². The second kappa shape index (κ2) is 10.9. The molecule has 1 aliphatic rings. The van der Waals surface area contributed by atoms with E-state index in [4.69, 9.17) is 9.57 Å². The molecule has 1 fully saturated rings. The Morgan fingerprint density at radius 1 is 1.08 bits per heavy atom. The molecule has 0 aliphatic carbocycles. The maximum atomic E-state index is 14.9. The van der Waals surface area contributed by atoms with Gasteiger partial charge in [0.1, 0.15) is 23.6 Å². The highest BCUT2D eigenvalue weighted by Crippen LogP contribution is 2.32. The van der Waals surface area contributed by atoms with Crippen LogP contribution in [0.15, 0.2) is 65.8 Å². The molecule has 1 N–H and O–H groups in total. The summed E-state index contributed by atoms with van der Waals surface area (Å²) in [6.45, 7) is 1.34. The fourth-order valence-electron chi connectivity index (χ4n) is 3.63. The van der Waals surface area contributed by atoms with Crippen molar-refractivity contribution in [1.29, 1.82) is 0 Å². The molecule has 3 aromatic rings. The van der Waals surface area contributed by atoms with Crippen molar-refractivity contribution in [2.45, 2.75) is 13.0 Å². The molecule has 0 unspecified atom stereocenters. The van der Waals surface area contributed by atoms with E-state index in [-0.39, 0.29) is 41.4 Å². The molecule has 1 heterocycles. The maximum absolute atomic E-state index is 14.9. The summed E-state index contributed by atoms with van der Waals surface area (Å²) in [5.74, 6) is -3.95. The molecule has 0 aromatic heterocycles. The van der Waals surface area contributed by atoms with Crippen LogP contribution in [0.2, 0.25) is 0 Å². The molecule has 1 aliphatic heterocycles. The van der Waals surface area contributed by atoms with Crippen molar-refractivity contribution < 1.29 is 37.1 Å². The van der Waals surface area contributed by atoms with Crippen LogP contribution in [0.25, 0.3) is 11.1 Å². The van der Waals surface area contributed by atoms with Crippen LogP contribution >= 0.6 is 0 Å². The van der Waals surface area contributed by atoms with Crippen molar-refractivity contribution in [2.24, 2.45) is 5.16 Å². The largest absolute Gasteiger partial charge is 0.442 e. The number of benzene rings is 3. The third-order valence-corrected chi connectivity index (χ3v) is 5.42. The first-order chi connectivity index (χ1) is 17.7. The van der Waals surface area contributed by atoms with Gasteiger partial charge in [-0.2, -0.15) is 0 Å². The second-order valence-corrected chi connectivity index (χ2v) is 8.05. The van der Waals surface area contributed by atoms with Crippen molar-refractivity contribution in [2.75, 3.05) is 18.0 Å². The van der Waals surface area contributed by atoms with E-state index in [1.165, 1.54) is 31.2 Å². The van der Waals surface area contributed by atoms with E-state index in [0.717, 1.165) is 29.3 Å². The lowest BCUT2D eigenvalue weighted by Gasteiger charge is -2.15. The summed E-state index contributed by atoms with van der Waals surface area (Å²) in [5, 5.41) is 5.98. The molecule has 11 heteroatoms. The Morgan fingerprint density at radius 3 is 2.43 bits per heavy atom. The van der Waals surface area contributed by atoms with Crippen molar-refractivity contribution >= 4 is 29.9 Å². The minimum absolute atomic E-state index is 0.0190. The lowest BCUT2D eigenvalue weighted by atomic mass is 10.0. The minimum atomic E-state index is -1.02. The number of nitrogens with zero attached hydrogens (tertiary/aromatic N) is 2. The molecule has 0 spiro atoms. The molecule has 37 heavy (non-hydrogen) atoms. The number of halogens is 3. The van der Waals surface area contributed by atoms with Gasteiger partial charge in [0.05, 0.1) is 36.1 Å². The normalized spacial score (nSPS) is 15.1. The Morgan fingerprint density at radius 2 is 1.78 bits per heavy atom. The summed E-state index contributed by atoms with van der Waals surface area (Å²) in [7, 11) is 0. The summed E-state index contributed by atoms with van der Waals surface area (Å²) in [6, 6.07) is 13.4. The van der Waals surface area contributed by atoms with Gasteiger partial charge in [0, 0.05) is 12.5 Å². The molecule has 2 amide bonds. The van der Waals surface area contributed by atoms with E-state index in [9.17, 15) is 27.6 Å². The monoisotopic (exact) mass is 511 g/mol. The Kier molecular flexibility index (Phi) is 7.52. The first kappa shape index (κ1) is 25.4. The highest BCUT2D eigenvalue weighted by atomic mass is 19.1. The van der Waals surface area contributed by atoms with Gasteiger partial charge in [0.15, 0.2) is 0 Å². The highest BCUT2D eigenvalue weighted by Gasteiger charge is 2.33. The number of carbonyl (C=O) groups is 3. The Bertz CT molecular complexity index is 1360. The number of nitrogens with one attached hydrogen (secondary N) is 1. The van der Waals surface area contributed by atoms with Gasteiger partial charge in [-0.25, -0.2) is 22.8 Å². The lowest BCUT2D eigenvalue weighted by Crippen LogP contribution is -2.33. The molecule has 0 saturated carbocycles. The standard InChI is InChI=1S/C26H20F3N3O5/c1-15(33)30-13-20-14-32(26(35)36-20)19-10-22(28)24(23(29)11-19)17-7-8-18(21(27)9-17)12-31-37-25(34)16-5-3-2-4-6-16/h2-12,20H,13-14H2,1H3,(H,30,33)/b31-12+/t20-/m0/s1. The van der Waals surface area contributed by atoms with E-state index >= 15 is 0 Å². The van der Waals surface area contributed by atoms with Crippen LogP contribution in [0.4, 0.5) is 23.7 Å². The number of cyclic esters (lactones) is 1. The fraction of sp³-hybridized carbons (Fsp3) is 0.154. The Hall–Kier alpha value is -4.67. The van der Waals surface area contributed by atoms with E-state index in [1.54, 1.807) is 18.2 Å². The smallest absolute Gasteiger partial charge is 0.414 e. The molecule has 1 saturated heterocycles. The number of hydrogen-bond acceptors (Lipinski definition) is 6. The summed E-state index contributed by atoms with van der Waals surface area (Å²) < 4.78 is 49.6. The van der Waals surface area contributed by atoms with E-state index in [2.05, 4.69) is 10.5 Å². The van der Waals surface area contributed by atoms with Crippen LogP contribution in [0.5, 0.6) is 0 Å². The molecule has 0 bridgehead atoms. The van der Waals surface area contributed by atoms with E-state index in [0.29, 0.717) is 0 Å². The fourth-order valence-corrected chi connectivity index (χ4v) is 3.63. The average molecular weight is 511 g/mol.